The van der Waals surface area contributed by atoms with Gasteiger partial charge in [-0.2, -0.15) is 0 Å². The SMILES string of the molecule is CC(C)(C)OC(=O)NN1C[C@H]2CC[C@@H](C1)N2c1ccc(B2OC(C)(C)C(C)(C)O2)cn1. The number of nitrogens with one attached hydrogen (secondary N) is 1. The van der Waals surface area contributed by atoms with E-state index in [0.717, 1.165) is 37.2 Å². The van der Waals surface area contributed by atoms with Crippen LogP contribution < -0.4 is 15.8 Å². The number of fused-ring (bicyclic) bond motifs is 2. The number of hydrogen-bond acceptors (Lipinski definition) is 7. The highest BCUT2D eigenvalue weighted by Gasteiger charge is 2.52. The lowest BCUT2D eigenvalue weighted by Crippen LogP contribution is -2.59. The van der Waals surface area contributed by atoms with Gasteiger partial charge in [-0.1, -0.05) is 6.07 Å². The van der Waals surface area contributed by atoms with Crippen LogP contribution in [0, 0.1) is 0 Å². The first-order valence-electron chi connectivity index (χ1n) is 11.2. The van der Waals surface area contributed by atoms with Crippen molar-refractivity contribution in [3.8, 4) is 0 Å². The molecule has 1 aromatic heterocycles. The summed E-state index contributed by atoms with van der Waals surface area (Å²) in [4.78, 5) is 19.3. The molecule has 170 valence electrons. The zero-order valence-electron chi connectivity index (χ0n) is 19.8. The summed E-state index contributed by atoms with van der Waals surface area (Å²) in [6, 6.07) is 4.73. The number of nitrogens with zero attached hydrogens (tertiary/aromatic N) is 3. The quantitative estimate of drug-likeness (QED) is 0.739. The van der Waals surface area contributed by atoms with Crippen LogP contribution in [0.3, 0.4) is 0 Å². The molecule has 1 N–H and O–H groups in total. The van der Waals surface area contributed by atoms with Crippen LogP contribution in [0.2, 0.25) is 0 Å². The van der Waals surface area contributed by atoms with Gasteiger partial charge in [-0.3, -0.25) is 5.43 Å². The van der Waals surface area contributed by atoms with E-state index in [4.69, 9.17) is 19.0 Å². The van der Waals surface area contributed by atoms with Gasteiger partial charge in [0.15, 0.2) is 0 Å². The Morgan fingerprint density at radius 1 is 1.13 bits per heavy atom. The number of hydrazine groups is 1. The van der Waals surface area contributed by atoms with Crippen molar-refractivity contribution in [3.05, 3.63) is 18.3 Å². The Kier molecular flexibility index (Phi) is 5.51. The lowest BCUT2D eigenvalue weighted by atomic mass is 9.80. The third-order valence-electron chi connectivity index (χ3n) is 6.69. The summed E-state index contributed by atoms with van der Waals surface area (Å²) >= 11 is 0. The summed E-state index contributed by atoms with van der Waals surface area (Å²) < 4.78 is 17.7. The summed E-state index contributed by atoms with van der Waals surface area (Å²) in [5, 5.41) is 1.98. The van der Waals surface area contributed by atoms with Crippen molar-refractivity contribution in [2.75, 3.05) is 18.0 Å². The fourth-order valence-corrected chi connectivity index (χ4v) is 4.47. The van der Waals surface area contributed by atoms with Crippen molar-refractivity contribution in [1.82, 2.24) is 15.4 Å². The Balaban J connectivity index is 1.40. The van der Waals surface area contributed by atoms with E-state index in [1.165, 1.54) is 0 Å². The minimum Gasteiger partial charge on any atom is -0.443 e. The van der Waals surface area contributed by atoms with E-state index in [2.05, 4.69) is 50.2 Å². The van der Waals surface area contributed by atoms with Gasteiger partial charge in [0, 0.05) is 36.8 Å². The van der Waals surface area contributed by atoms with Crippen LogP contribution in [0.1, 0.15) is 61.3 Å². The summed E-state index contributed by atoms with van der Waals surface area (Å²) in [5.41, 5.74) is 2.59. The van der Waals surface area contributed by atoms with Crippen LogP contribution in [-0.2, 0) is 14.0 Å². The van der Waals surface area contributed by atoms with E-state index in [0.29, 0.717) is 12.1 Å². The standard InChI is InChI=1S/C22H35BN4O4/c1-20(2,3)29-19(28)25-26-13-16-9-10-17(14-26)27(16)18-11-8-15(12-24-18)23-30-21(4,5)22(6,7)31-23/h8,11-12,16-17H,9-10,13-14H2,1-7H3,(H,25,28)/t16-,17+. The minimum absolute atomic E-state index is 0.309. The van der Waals surface area contributed by atoms with Crippen molar-refractivity contribution in [2.24, 2.45) is 0 Å². The molecule has 1 amide bonds. The number of aromatic nitrogens is 1. The molecule has 3 fully saturated rings. The minimum atomic E-state index is -0.506. The highest BCUT2D eigenvalue weighted by atomic mass is 16.7. The van der Waals surface area contributed by atoms with E-state index in [-0.39, 0.29) is 11.2 Å². The molecule has 9 heteroatoms. The number of ether oxygens (including phenoxy) is 1. The van der Waals surface area contributed by atoms with Crippen molar-refractivity contribution < 1.29 is 18.8 Å². The van der Waals surface area contributed by atoms with Crippen LogP contribution in [0.15, 0.2) is 18.3 Å². The summed E-state index contributed by atoms with van der Waals surface area (Å²) in [6.45, 7) is 15.3. The molecule has 0 aromatic carbocycles. The van der Waals surface area contributed by atoms with Crippen LogP contribution in [0.5, 0.6) is 0 Å². The fourth-order valence-electron chi connectivity index (χ4n) is 4.47. The molecule has 0 spiro atoms. The average Bonchev–Trinajstić information content (AvgIpc) is 3.02. The number of amides is 1. The number of hydrogen-bond donors (Lipinski definition) is 1. The summed E-state index contributed by atoms with van der Waals surface area (Å²) in [5.74, 6) is 0.963. The molecular weight excluding hydrogens is 395 g/mol. The number of carbonyl (C=O) groups excluding carboxylic acids is 1. The molecule has 4 heterocycles. The Hall–Kier alpha value is -1.84. The van der Waals surface area contributed by atoms with Gasteiger partial charge < -0.3 is 18.9 Å². The second kappa shape index (κ2) is 7.64. The second-order valence-corrected chi connectivity index (χ2v) is 10.8. The Labute approximate surface area is 185 Å². The van der Waals surface area contributed by atoms with Gasteiger partial charge in [0.05, 0.1) is 11.2 Å². The van der Waals surface area contributed by atoms with Crippen LogP contribution in [-0.4, -0.2) is 65.2 Å². The maximum atomic E-state index is 12.1. The predicted molar refractivity (Wildman–Crippen MR) is 120 cm³/mol. The van der Waals surface area contributed by atoms with Gasteiger partial charge in [-0.15, -0.1) is 0 Å². The van der Waals surface area contributed by atoms with Crippen molar-refractivity contribution >= 4 is 24.5 Å². The Morgan fingerprint density at radius 2 is 1.71 bits per heavy atom. The first-order chi connectivity index (χ1) is 14.3. The maximum absolute atomic E-state index is 12.1. The van der Waals surface area contributed by atoms with Gasteiger partial charge in [-0.25, -0.2) is 14.8 Å². The summed E-state index contributed by atoms with van der Waals surface area (Å²) in [6.07, 6.45) is 3.63. The largest absolute Gasteiger partial charge is 0.496 e. The second-order valence-electron chi connectivity index (χ2n) is 10.8. The third-order valence-corrected chi connectivity index (χ3v) is 6.69. The van der Waals surface area contributed by atoms with Gasteiger partial charge in [0.2, 0.25) is 0 Å². The molecule has 0 unspecified atom stereocenters. The third kappa shape index (κ3) is 4.54. The number of pyridine rings is 1. The van der Waals surface area contributed by atoms with Gasteiger partial charge in [0.25, 0.3) is 0 Å². The number of carbonyl (C=O) groups is 1. The average molecular weight is 430 g/mol. The number of rotatable bonds is 3. The topological polar surface area (TPSA) is 76.2 Å². The van der Waals surface area contributed by atoms with Crippen LogP contribution in [0.25, 0.3) is 0 Å². The van der Waals surface area contributed by atoms with Gasteiger partial charge >= 0.3 is 13.2 Å². The normalized spacial score (nSPS) is 27.5. The molecule has 2 atom stereocenters. The molecule has 3 aliphatic heterocycles. The molecule has 0 radical (unpaired) electrons. The van der Waals surface area contributed by atoms with Crippen molar-refractivity contribution in [3.63, 3.8) is 0 Å². The number of piperazine rings is 1. The Morgan fingerprint density at radius 3 is 2.19 bits per heavy atom. The van der Waals surface area contributed by atoms with E-state index in [1.807, 2.05) is 32.0 Å². The van der Waals surface area contributed by atoms with Crippen LogP contribution >= 0.6 is 0 Å². The molecule has 4 rings (SSSR count). The molecule has 0 aliphatic carbocycles. The molecule has 8 nitrogen and oxygen atoms in total. The zero-order chi connectivity index (χ0) is 22.6. The number of anilines is 1. The predicted octanol–water partition coefficient (Wildman–Crippen LogP) is 2.47. The van der Waals surface area contributed by atoms with Crippen LogP contribution in [0.4, 0.5) is 10.6 Å². The maximum Gasteiger partial charge on any atom is 0.496 e. The fraction of sp³-hybridized carbons (Fsp3) is 0.727. The summed E-state index contributed by atoms with van der Waals surface area (Å²) in [7, 11) is -0.404. The monoisotopic (exact) mass is 430 g/mol. The first kappa shape index (κ1) is 22.4. The van der Waals surface area contributed by atoms with Gasteiger partial charge in [-0.05, 0) is 67.4 Å². The van der Waals surface area contributed by atoms with E-state index >= 15 is 0 Å². The van der Waals surface area contributed by atoms with E-state index in [1.54, 1.807) is 0 Å². The van der Waals surface area contributed by atoms with Crippen molar-refractivity contribution in [2.45, 2.75) is 90.2 Å². The molecular formula is C22H35BN4O4. The smallest absolute Gasteiger partial charge is 0.443 e. The molecule has 3 aliphatic rings. The lowest BCUT2D eigenvalue weighted by Gasteiger charge is -2.41. The highest BCUT2D eigenvalue weighted by molar-refractivity contribution is 6.62. The molecule has 31 heavy (non-hydrogen) atoms. The van der Waals surface area contributed by atoms with E-state index in [9.17, 15) is 4.79 Å². The van der Waals surface area contributed by atoms with E-state index < -0.39 is 18.8 Å². The molecule has 1 aromatic rings. The molecule has 2 bridgehead atoms. The molecule has 0 saturated carbocycles. The Bertz CT molecular complexity index is 794. The first-order valence-corrected chi connectivity index (χ1v) is 11.2. The van der Waals surface area contributed by atoms with Crippen molar-refractivity contribution in [1.29, 1.82) is 0 Å². The zero-order valence-corrected chi connectivity index (χ0v) is 19.8. The highest BCUT2D eigenvalue weighted by Crippen LogP contribution is 2.37. The van der Waals surface area contributed by atoms with Gasteiger partial charge in [0.1, 0.15) is 11.4 Å². The lowest BCUT2D eigenvalue weighted by molar-refractivity contribution is 0.00578. The molecule has 3 saturated heterocycles.